The first kappa shape index (κ1) is 11.7. The molecule has 0 aromatic heterocycles. The Morgan fingerprint density at radius 1 is 1.19 bits per heavy atom. The van der Waals surface area contributed by atoms with Gasteiger partial charge in [0.2, 0.25) is 0 Å². The molecule has 2 atom stereocenters. The Kier molecular flexibility index (Phi) is 3.34. The van der Waals surface area contributed by atoms with Gasteiger partial charge in [0.15, 0.2) is 0 Å². The van der Waals surface area contributed by atoms with Crippen LogP contribution >= 0.6 is 0 Å². The summed E-state index contributed by atoms with van der Waals surface area (Å²) < 4.78 is 0. The molecule has 0 bridgehead atoms. The summed E-state index contributed by atoms with van der Waals surface area (Å²) in [6.07, 6.45) is 2.73. The van der Waals surface area contributed by atoms with E-state index in [0.717, 1.165) is 6.04 Å². The fourth-order valence-electron chi connectivity index (χ4n) is 2.37. The van der Waals surface area contributed by atoms with Crippen molar-refractivity contribution in [2.24, 2.45) is 0 Å². The molecule has 0 heterocycles. The summed E-state index contributed by atoms with van der Waals surface area (Å²) in [5.41, 5.74) is 4.28. The van der Waals surface area contributed by atoms with Gasteiger partial charge in [0.25, 0.3) is 0 Å². The van der Waals surface area contributed by atoms with E-state index < -0.39 is 0 Å². The number of aryl methyl sites for hydroxylation is 2. The highest BCUT2D eigenvalue weighted by molar-refractivity contribution is 5.33. The molecular weight excluding hydrogens is 194 g/mol. The van der Waals surface area contributed by atoms with Crippen LogP contribution in [0.1, 0.15) is 49.3 Å². The van der Waals surface area contributed by atoms with Crippen molar-refractivity contribution >= 4 is 0 Å². The lowest BCUT2D eigenvalue weighted by atomic mass is 9.90. The molecule has 1 fully saturated rings. The largest absolute Gasteiger partial charge is 0.311 e. The molecular formula is C15H23N. The van der Waals surface area contributed by atoms with Gasteiger partial charge in [-0.25, -0.2) is 0 Å². The van der Waals surface area contributed by atoms with Gasteiger partial charge in [-0.05, 0) is 50.7 Å². The fourth-order valence-corrected chi connectivity index (χ4v) is 2.37. The van der Waals surface area contributed by atoms with Crippen LogP contribution in [0.5, 0.6) is 0 Å². The second kappa shape index (κ2) is 4.58. The fraction of sp³-hybridized carbons (Fsp3) is 0.600. The Morgan fingerprint density at radius 2 is 1.88 bits per heavy atom. The van der Waals surface area contributed by atoms with Gasteiger partial charge >= 0.3 is 0 Å². The maximum absolute atomic E-state index is 3.69. The molecule has 0 spiro atoms. The van der Waals surface area contributed by atoms with E-state index in [-0.39, 0.29) is 0 Å². The molecule has 88 valence electrons. The molecule has 0 saturated heterocycles. The first-order chi connectivity index (χ1) is 7.58. The van der Waals surface area contributed by atoms with Crippen molar-refractivity contribution in [2.45, 2.75) is 58.5 Å². The third-order valence-electron chi connectivity index (χ3n) is 3.74. The van der Waals surface area contributed by atoms with E-state index in [1.54, 1.807) is 0 Å². The number of nitrogens with one attached hydrogen (secondary N) is 1. The van der Waals surface area contributed by atoms with E-state index in [1.165, 1.54) is 29.5 Å². The van der Waals surface area contributed by atoms with Crippen LogP contribution in [0.3, 0.4) is 0 Å². The Hall–Kier alpha value is -0.820. The van der Waals surface area contributed by atoms with Crippen LogP contribution in [0.2, 0.25) is 0 Å². The summed E-state index contributed by atoms with van der Waals surface area (Å²) in [5, 5.41) is 3.69. The quantitative estimate of drug-likeness (QED) is 0.813. The lowest BCUT2D eigenvalue weighted by Gasteiger charge is -2.23. The minimum atomic E-state index is 0.578. The van der Waals surface area contributed by atoms with E-state index in [9.17, 15) is 0 Å². The van der Waals surface area contributed by atoms with Crippen molar-refractivity contribution in [3.05, 3.63) is 34.9 Å². The van der Waals surface area contributed by atoms with E-state index in [0.29, 0.717) is 12.0 Å². The Bertz CT molecular complexity index is 366. The SMILES string of the molecule is Cc1ccc(C(C)C(C)NC2CC2)c(C)c1. The molecule has 0 radical (unpaired) electrons. The average Bonchev–Trinajstić information content (AvgIpc) is 3.00. The van der Waals surface area contributed by atoms with Crippen molar-refractivity contribution in [1.29, 1.82) is 0 Å². The summed E-state index contributed by atoms with van der Waals surface area (Å²) >= 11 is 0. The average molecular weight is 217 g/mol. The minimum absolute atomic E-state index is 0.578. The molecule has 16 heavy (non-hydrogen) atoms. The monoisotopic (exact) mass is 217 g/mol. The van der Waals surface area contributed by atoms with E-state index >= 15 is 0 Å². The molecule has 1 aliphatic rings. The molecule has 1 saturated carbocycles. The number of benzene rings is 1. The molecule has 1 heteroatoms. The summed E-state index contributed by atoms with van der Waals surface area (Å²) in [6, 6.07) is 8.18. The minimum Gasteiger partial charge on any atom is -0.311 e. The van der Waals surface area contributed by atoms with Gasteiger partial charge in [-0.15, -0.1) is 0 Å². The van der Waals surface area contributed by atoms with Crippen molar-refractivity contribution in [3.8, 4) is 0 Å². The smallest absolute Gasteiger partial charge is 0.0107 e. The van der Waals surface area contributed by atoms with E-state index in [2.05, 4.69) is 51.2 Å². The van der Waals surface area contributed by atoms with E-state index in [4.69, 9.17) is 0 Å². The van der Waals surface area contributed by atoms with Crippen LogP contribution in [-0.4, -0.2) is 12.1 Å². The second-order valence-electron chi connectivity index (χ2n) is 5.38. The molecule has 1 aromatic rings. The number of hydrogen-bond acceptors (Lipinski definition) is 1. The maximum atomic E-state index is 3.69. The second-order valence-corrected chi connectivity index (χ2v) is 5.38. The lowest BCUT2D eigenvalue weighted by molar-refractivity contribution is 0.477. The van der Waals surface area contributed by atoms with Crippen molar-refractivity contribution in [3.63, 3.8) is 0 Å². The van der Waals surface area contributed by atoms with Crippen LogP contribution in [0, 0.1) is 13.8 Å². The zero-order valence-electron chi connectivity index (χ0n) is 10.9. The zero-order valence-corrected chi connectivity index (χ0v) is 10.9. The Morgan fingerprint density at radius 3 is 2.44 bits per heavy atom. The van der Waals surface area contributed by atoms with Gasteiger partial charge in [-0.3, -0.25) is 0 Å². The highest BCUT2D eigenvalue weighted by Gasteiger charge is 2.25. The summed E-state index contributed by atoms with van der Waals surface area (Å²) in [4.78, 5) is 0. The molecule has 2 unspecified atom stereocenters. The molecule has 1 N–H and O–H groups in total. The van der Waals surface area contributed by atoms with Gasteiger partial charge in [0, 0.05) is 12.1 Å². The Labute approximate surface area is 99.3 Å². The molecule has 0 aliphatic heterocycles. The number of hydrogen-bond donors (Lipinski definition) is 1. The van der Waals surface area contributed by atoms with Crippen LogP contribution in [-0.2, 0) is 0 Å². The third kappa shape index (κ3) is 2.65. The predicted octanol–water partition coefficient (Wildman–Crippen LogP) is 3.55. The highest BCUT2D eigenvalue weighted by Crippen LogP contribution is 2.27. The summed E-state index contributed by atoms with van der Waals surface area (Å²) in [6.45, 7) is 9.02. The highest BCUT2D eigenvalue weighted by atomic mass is 15.0. The van der Waals surface area contributed by atoms with Crippen molar-refractivity contribution < 1.29 is 0 Å². The molecule has 1 aliphatic carbocycles. The van der Waals surface area contributed by atoms with E-state index in [1.807, 2.05) is 0 Å². The van der Waals surface area contributed by atoms with Crippen LogP contribution in [0.4, 0.5) is 0 Å². The normalized spacial score (nSPS) is 19.5. The molecule has 0 amide bonds. The predicted molar refractivity (Wildman–Crippen MR) is 70.0 cm³/mol. The topological polar surface area (TPSA) is 12.0 Å². The number of rotatable bonds is 4. The summed E-state index contributed by atoms with van der Waals surface area (Å²) in [7, 11) is 0. The van der Waals surface area contributed by atoms with Gasteiger partial charge in [-0.2, -0.15) is 0 Å². The lowest BCUT2D eigenvalue weighted by Crippen LogP contribution is -2.32. The molecule has 1 nitrogen and oxygen atoms in total. The summed E-state index contributed by atoms with van der Waals surface area (Å²) in [5.74, 6) is 0.598. The van der Waals surface area contributed by atoms with Gasteiger partial charge in [0.05, 0.1) is 0 Å². The first-order valence-electron chi connectivity index (χ1n) is 6.41. The van der Waals surface area contributed by atoms with Crippen molar-refractivity contribution in [1.82, 2.24) is 5.32 Å². The van der Waals surface area contributed by atoms with Crippen LogP contribution in [0.15, 0.2) is 18.2 Å². The van der Waals surface area contributed by atoms with Gasteiger partial charge in [0.1, 0.15) is 0 Å². The van der Waals surface area contributed by atoms with Crippen LogP contribution in [0.25, 0.3) is 0 Å². The third-order valence-corrected chi connectivity index (χ3v) is 3.74. The molecule has 2 rings (SSSR count). The first-order valence-corrected chi connectivity index (χ1v) is 6.41. The van der Waals surface area contributed by atoms with Gasteiger partial charge in [-0.1, -0.05) is 30.7 Å². The molecule has 1 aromatic carbocycles. The van der Waals surface area contributed by atoms with Crippen molar-refractivity contribution in [2.75, 3.05) is 0 Å². The maximum Gasteiger partial charge on any atom is 0.0107 e. The zero-order chi connectivity index (χ0) is 11.7. The Balaban J connectivity index is 2.08. The standard InChI is InChI=1S/C15H23N/c1-10-5-8-15(11(2)9-10)12(3)13(4)16-14-6-7-14/h5,8-9,12-14,16H,6-7H2,1-4H3. The van der Waals surface area contributed by atoms with Crippen LogP contribution < -0.4 is 5.32 Å². The van der Waals surface area contributed by atoms with Gasteiger partial charge < -0.3 is 5.32 Å².